The maximum Gasteiger partial charge on any atom is 0.211 e. The Hall–Kier alpha value is -1.65. The quantitative estimate of drug-likeness (QED) is 0.882. The highest BCUT2D eigenvalue weighted by molar-refractivity contribution is 5.98. The van der Waals surface area contributed by atoms with Gasteiger partial charge < -0.3 is 9.52 Å². The molecule has 1 aliphatic heterocycles. The molecule has 1 aromatic carbocycles. The average molecular weight is 287 g/mol. The first-order chi connectivity index (χ1) is 10.0. The fourth-order valence-corrected chi connectivity index (χ4v) is 2.88. The van der Waals surface area contributed by atoms with Crippen molar-refractivity contribution in [3.63, 3.8) is 0 Å². The van der Waals surface area contributed by atoms with E-state index in [-0.39, 0.29) is 5.78 Å². The van der Waals surface area contributed by atoms with Crippen LogP contribution in [0.1, 0.15) is 36.7 Å². The summed E-state index contributed by atoms with van der Waals surface area (Å²) < 4.78 is 5.62. The average Bonchev–Trinajstić information content (AvgIpc) is 2.81. The molecule has 0 amide bonds. The number of carbonyl (C=O) groups excluding carboxylic acids is 1. The first kappa shape index (κ1) is 14.3. The minimum Gasteiger partial charge on any atom is -0.453 e. The molecule has 4 heteroatoms. The van der Waals surface area contributed by atoms with Crippen LogP contribution in [0.15, 0.2) is 34.7 Å². The molecule has 2 aromatic rings. The summed E-state index contributed by atoms with van der Waals surface area (Å²) in [4.78, 5) is 14.5. The van der Waals surface area contributed by atoms with E-state index in [1.54, 1.807) is 0 Å². The van der Waals surface area contributed by atoms with Crippen LogP contribution in [0.25, 0.3) is 11.0 Å². The van der Waals surface area contributed by atoms with E-state index < -0.39 is 5.60 Å². The van der Waals surface area contributed by atoms with Crippen molar-refractivity contribution in [1.82, 2.24) is 4.90 Å². The molecule has 0 spiro atoms. The summed E-state index contributed by atoms with van der Waals surface area (Å²) in [7, 11) is 0. The van der Waals surface area contributed by atoms with Crippen molar-refractivity contribution in [3.05, 3.63) is 36.1 Å². The van der Waals surface area contributed by atoms with E-state index in [1.165, 1.54) is 0 Å². The Kier molecular flexibility index (Phi) is 3.83. The molecule has 1 fully saturated rings. The van der Waals surface area contributed by atoms with Crippen molar-refractivity contribution >= 4 is 16.8 Å². The molecule has 3 rings (SSSR count). The Morgan fingerprint density at radius 1 is 1.33 bits per heavy atom. The number of Topliss-reactive ketones (excluding diaryl/α,β-unsaturated/α-hetero) is 1. The van der Waals surface area contributed by atoms with Gasteiger partial charge in [-0.25, -0.2) is 0 Å². The van der Waals surface area contributed by atoms with Gasteiger partial charge in [0.25, 0.3) is 0 Å². The van der Waals surface area contributed by atoms with E-state index in [9.17, 15) is 9.90 Å². The SMILES string of the molecule is CC1(O)CCCN(CC(=O)c2cc3ccccc3o2)CC1. The van der Waals surface area contributed by atoms with Gasteiger partial charge in [-0.3, -0.25) is 9.69 Å². The second kappa shape index (κ2) is 5.62. The van der Waals surface area contributed by atoms with Crippen LogP contribution in [-0.2, 0) is 0 Å². The second-order valence-electron chi connectivity index (χ2n) is 6.20. The standard InChI is InChI=1S/C17H21NO3/c1-17(20)7-4-9-18(10-8-17)12-14(19)16-11-13-5-2-3-6-15(13)21-16/h2-3,5-6,11,20H,4,7-10,12H2,1H3. The van der Waals surface area contributed by atoms with Crippen LogP contribution in [0.3, 0.4) is 0 Å². The van der Waals surface area contributed by atoms with Gasteiger partial charge in [-0.1, -0.05) is 18.2 Å². The van der Waals surface area contributed by atoms with Crippen molar-refractivity contribution < 1.29 is 14.3 Å². The second-order valence-corrected chi connectivity index (χ2v) is 6.20. The summed E-state index contributed by atoms with van der Waals surface area (Å²) in [5.41, 5.74) is 0.150. The highest BCUT2D eigenvalue weighted by Gasteiger charge is 2.26. The summed E-state index contributed by atoms with van der Waals surface area (Å²) in [5.74, 6) is 0.431. The molecule has 1 saturated heterocycles. The highest BCUT2D eigenvalue weighted by Crippen LogP contribution is 2.23. The van der Waals surface area contributed by atoms with E-state index >= 15 is 0 Å². The van der Waals surface area contributed by atoms with Gasteiger partial charge in [-0.05, 0) is 44.9 Å². The Morgan fingerprint density at radius 3 is 2.95 bits per heavy atom. The number of nitrogens with zero attached hydrogens (tertiary/aromatic N) is 1. The lowest BCUT2D eigenvalue weighted by Crippen LogP contribution is -2.32. The highest BCUT2D eigenvalue weighted by atomic mass is 16.3. The first-order valence-corrected chi connectivity index (χ1v) is 7.50. The van der Waals surface area contributed by atoms with Crippen molar-refractivity contribution in [2.75, 3.05) is 19.6 Å². The van der Waals surface area contributed by atoms with Gasteiger partial charge in [0.1, 0.15) is 5.58 Å². The number of aliphatic hydroxyl groups is 1. The van der Waals surface area contributed by atoms with Crippen LogP contribution in [0.4, 0.5) is 0 Å². The maximum atomic E-state index is 12.4. The zero-order chi connectivity index (χ0) is 14.9. The largest absolute Gasteiger partial charge is 0.453 e. The van der Waals surface area contributed by atoms with Gasteiger partial charge in [-0.2, -0.15) is 0 Å². The molecule has 1 unspecified atom stereocenters. The van der Waals surface area contributed by atoms with E-state index in [1.807, 2.05) is 37.3 Å². The third-order valence-corrected chi connectivity index (χ3v) is 4.22. The number of para-hydroxylation sites is 1. The number of furan rings is 1. The molecule has 0 bridgehead atoms. The fraction of sp³-hybridized carbons (Fsp3) is 0.471. The Bertz CT molecular complexity index is 611. The zero-order valence-corrected chi connectivity index (χ0v) is 12.3. The Labute approximate surface area is 124 Å². The summed E-state index contributed by atoms with van der Waals surface area (Å²) >= 11 is 0. The van der Waals surface area contributed by atoms with Gasteiger partial charge in [0, 0.05) is 11.9 Å². The van der Waals surface area contributed by atoms with Crippen molar-refractivity contribution in [3.8, 4) is 0 Å². The van der Waals surface area contributed by atoms with Gasteiger partial charge in [0.05, 0.1) is 12.1 Å². The molecule has 1 aliphatic rings. The van der Waals surface area contributed by atoms with E-state index in [4.69, 9.17) is 4.42 Å². The number of hydrogen-bond donors (Lipinski definition) is 1. The molecule has 2 heterocycles. The van der Waals surface area contributed by atoms with Crippen LogP contribution in [0, 0.1) is 0 Å². The van der Waals surface area contributed by atoms with Gasteiger partial charge in [-0.15, -0.1) is 0 Å². The summed E-state index contributed by atoms with van der Waals surface area (Å²) in [6, 6.07) is 9.46. The molecular weight excluding hydrogens is 266 g/mol. The molecule has 0 radical (unpaired) electrons. The van der Waals surface area contributed by atoms with Gasteiger partial charge in [0.2, 0.25) is 5.78 Å². The zero-order valence-electron chi connectivity index (χ0n) is 12.3. The summed E-state index contributed by atoms with van der Waals surface area (Å²) in [6.07, 6.45) is 2.42. The molecule has 0 saturated carbocycles. The predicted molar refractivity (Wildman–Crippen MR) is 81.5 cm³/mol. The van der Waals surface area contributed by atoms with Crippen LogP contribution in [-0.4, -0.2) is 41.0 Å². The number of hydrogen-bond acceptors (Lipinski definition) is 4. The van der Waals surface area contributed by atoms with Gasteiger partial charge in [0.15, 0.2) is 5.76 Å². The van der Waals surface area contributed by atoms with Gasteiger partial charge >= 0.3 is 0 Å². The summed E-state index contributed by atoms with van der Waals surface area (Å²) in [6.45, 7) is 3.83. The number of carbonyl (C=O) groups is 1. The number of fused-ring (bicyclic) bond motifs is 1. The lowest BCUT2D eigenvalue weighted by atomic mass is 9.98. The normalized spacial score (nSPS) is 24.1. The van der Waals surface area contributed by atoms with Crippen LogP contribution in [0.5, 0.6) is 0 Å². The molecule has 0 aliphatic carbocycles. The van der Waals surface area contributed by atoms with E-state index in [0.717, 1.165) is 36.9 Å². The fourth-order valence-electron chi connectivity index (χ4n) is 2.88. The molecule has 112 valence electrons. The van der Waals surface area contributed by atoms with Crippen molar-refractivity contribution in [2.24, 2.45) is 0 Å². The lowest BCUT2D eigenvalue weighted by molar-refractivity contribution is 0.0443. The Morgan fingerprint density at radius 2 is 2.14 bits per heavy atom. The molecule has 1 N–H and O–H groups in total. The minimum absolute atomic E-state index is 0.00717. The summed E-state index contributed by atoms with van der Waals surface area (Å²) in [5, 5.41) is 11.0. The monoisotopic (exact) mass is 287 g/mol. The smallest absolute Gasteiger partial charge is 0.211 e. The molecular formula is C17H21NO3. The van der Waals surface area contributed by atoms with Crippen molar-refractivity contribution in [1.29, 1.82) is 0 Å². The first-order valence-electron chi connectivity index (χ1n) is 7.50. The number of rotatable bonds is 3. The number of benzene rings is 1. The molecule has 1 aromatic heterocycles. The minimum atomic E-state index is -0.600. The number of likely N-dealkylation sites (tertiary alicyclic amines) is 1. The lowest BCUT2D eigenvalue weighted by Gasteiger charge is -2.21. The Balaban J connectivity index is 1.68. The third kappa shape index (κ3) is 3.34. The topological polar surface area (TPSA) is 53.7 Å². The molecule has 21 heavy (non-hydrogen) atoms. The van der Waals surface area contributed by atoms with Crippen LogP contribution < -0.4 is 0 Å². The third-order valence-electron chi connectivity index (χ3n) is 4.22. The number of ketones is 1. The van der Waals surface area contributed by atoms with E-state index in [0.29, 0.717) is 18.7 Å². The van der Waals surface area contributed by atoms with Crippen LogP contribution >= 0.6 is 0 Å². The van der Waals surface area contributed by atoms with E-state index in [2.05, 4.69) is 4.90 Å². The molecule has 4 nitrogen and oxygen atoms in total. The predicted octanol–water partition coefficient (Wildman–Crippen LogP) is 2.85. The van der Waals surface area contributed by atoms with Crippen LogP contribution in [0.2, 0.25) is 0 Å². The molecule has 1 atom stereocenters. The maximum absolute atomic E-state index is 12.4. The van der Waals surface area contributed by atoms with Crippen molar-refractivity contribution in [2.45, 2.75) is 31.8 Å².